The quantitative estimate of drug-likeness (QED) is 0.734. The molecule has 2 aromatic carbocycles. The fourth-order valence-corrected chi connectivity index (χ4v) is 2.51. The molecule has 4 nitrogen and oxygen atoms in total. The van der Waals surface area contributed by atoms with Gasteiger partial charge < -0.3 is 10.3 Å². The number of para-hydroxylation sites is 1. The molecule has 3 aromatic rings. The van der Waals surface area contributed by atoms with E-state index in [0.717, 1.165) is 5.56 Å². The maximum Gasteiger partial charge on any atom is 0.231 e. The van der Waals surface area contributed by atoms with Crippen LogP contribution in [-0.4, -0.2) is 10.1 Å². The summed E-state index contributed by atoms with van der Waals surface area (Å²) in [6, 6.07) is 12.7. The number of benzene rings is 2. The summed E-state index contributed by atoms with van der Waals surface area (Å²) in [5.74, 6) is 0.933. The predicted octanol–water partition coefficient (Wildman–Crippen LogP) is 4.22. The van der Waals surface area contributed by atoms with Crippen LogP contribution >= 0.6 is 23.2 Å². The van der Waals surface area contributed by atoms with Crippen LogP contribution in [-0.2, 0) is 6.42 Å². The van der Waals surface area contributed by atoms with Crippen LogP contribution in [0.15, 0.2) is 47.0 Å². The molecular formula is C15H11Cl2N3O. The molecule has 0 unspecified atom stereocenters. The van der Waals surface area contributed by atoms with E-state index in [1.165, 1.54) is 0 Å². The van der Waals surface area contributed by atoms with Gasteiger partial charge in [0.25, 0.3) is 0 Å². The summed E-state index contributed by atoms with van der Waals surface area (Å²) in [6.45, 7) is 0. The summed E-state index contributed by atoms with van der Waals surface area (Å²) in [5, 5.41) is 5.00. The average Bonchev–Trinajstić information content (AvgIpc) is 2.89. The standard InChI is InChI=1S/C15H11Cl2N3O/c16-11-5-10(6-12(17)8-11)15-19-14(21-20-15)7-9-3-1-2-4-13(9)18/h1-6,8H,7,18H2. The van der Waals surface area contributed by atoms with E-state index in [9.17, 15) is 0 Å². The normalized spacial score (nSPS) is 10.8. The molecule has 0 spiro atoms. The molecule has 0 amide bonds. The maximum absolute atomic E-state index is 5.97. The lowest BCUT2D eigenvalue weighted by Crippen LogP contribution is -1.95. The molecule has 0 fully saturated rings. The van der Waals surface area contributed by atoms with E-state index < -0.39 is 0 Å². The third-order valence-electron chi connectivity index (χ3n) is 2.99. The van der Waals surface area contributed by atoms with Crippen LogP contribution in [0.4, 0.5) is 5.69 Å². The second kappa shape index (κ2) is 5.76. The van der Waals surface area contributed by atoms with Gasteiger partial charge in [0.2, 0.25) is 11.7 Å². The zero-order valence-corrected chi connectivity index (χ0v) is 12.4. The van der Waals surface area contributed by atoms with E-state index in [0.29, 0.717) is 39.4 Å². The van der Waals surface area contributed by atoms with Crippen LogP contribution in [0.25, 0.3) is 11.4 Å². The molecule has 1 aromatic heterocycles. The molecule has 0 radical (unpaired) electrons. The Morgan fingerprint density at radius 2 is 1.76 bits per heavy atom. The zero-order valence-electron chi connectivity index (χ0n) is 10.9. The minimum absolute atomic E-state index is 0.448. The first-order valence-electron chi connectivity index (χ1n) is 6.24. The van der Waals surface area contributed by atoms with Gasteiger partial charge in [-0.2, -0.15) is 4.98 Å². The molecule has 0 saturated heterocycles. The van der Waals surface area contributed by atoms with Crippen LogP contribution < -0.4 is 5.73 Å². The molecule has 1 heterocycles. The van der Waals surface area contributed by atoms with E-state index in [-0.39, 0.29) is 0 Å². The molecule has 0 atom stereocenters. The molecular weight excluding hydrogens is 309 g/mol. The number of anilines is 1. The second-order valence-corrected chi connectivity index (χ2v) is 5.42. The van der Waals surface area contributed by atoms with Gasteiger partial charge in [-0.1, -0.05) is 46.6 Å². The monoisotopic (exact) mass is 319 g/mol. The highest BCUT2D eigenvalue weighted by Crippen LogP contribution is 2.26. The van der Waals surface area contributed by atoms with E-state index >= 15 is 0 Å². The SMILES string of the molecule is Nc1ccccc1Cc1nc(-c2cc(Cl)cc(Cl)c2)no1. The van der Waals surface area contributed by atoms with E-state index in [2.05, 4.69) is 10.1 Å². The Morgan fingerprint density at radius 1 is 1.05 bits per heavy atom. The highest BCUT2D eigenvalue weighted by Gasteiger charge is 2.11. The fraction of sp³-hybridized carbons (Fsp3) is 0.0667. The Hall–Kier alpha value is -2.04. The number of halogens is 2. The Labute approximate surface area is 131 Å². The van der Waals surface area contributed by atoms with Crippen LogP contribution in [0.2, 0.25) is 10.0 Å². The smallest absolute Gasteiger partial charge is 0.231 e. The van der Waals surface area contributed by atoms with Gasteiger partial charge in [0.1, 0.15) is 0 Å². The number of hydrogen-bond donors (Lipinski definition) is 1. The maximum atomic E-state index is 5.97. The molecule has 6 heteroatoms. The summed E-state index contributed by atoms with van der Waals surface area (Å²) >= 11 is 11.9. The minimum Gasteiger partial charge on any atom is -0.398 e. The topological polar surface area (TPSA) is 64.9 Å². The Morgan fingerprint density at radius 3 is 2.48 bits per heavy atom. The largest absolute Gasteiger partial charge is 0.398 e. The highest BCUT2D eigenvalue weighted by atomic mass is 35.5. The minimum atomic E-state index is 0.448. The lowest BCUT2D eigenvalue weighted by molar-refractivity contribution is 0.386. The lowest BCUT2D eigenvalue weighted by atomic mass is 10.1. The van der Waals surface area contributed by atoms with Crippen molar-refractivity contribution in [2.45, 2.75) is 6.42 Å². The molecule has 21 heavy (non-hydrogen) atoms. The molecule has 0 saturated carbocycles. The molecule has 0 bridgehead atoms. The summed E-state index contributed by atoms with van der Waals surface area (Å²) in [7, 11) is 0. The molecule has 0 aliphatic rings. The number of nitrogens with two attached hydrogens (primary N) is 1. The van der Waals surface area contributed by atoms with Crippen molar-refractivity contribution in [3.63, 3.8) is 0 Å². The van der Waals surface area contributed by atoms with Crippen molar-refractivity contribution in [3.8, 4) is 11.4 Å². The number of aromatic nitrogens is 2. The third-order valence-corrected chi connectivity index (χ3v) is 3.42. The van der Waals surface area contributed by atoms with Gasteiger partial charge in [-0.05, 0) is 29.8 Å². The first kappa shape index (κ1) is 13.9. The van der Waals surface area contributed by atoms with Crippen LogP contribution in [0.1, 0.15) is 11.5 Å². The van der Waals surface area contributed by atoms with Gasteiger partial charge >= 0.3 is 0 Å². The number of nitrogen functional groups attached to an aromatic ring is 1. The van der Waals surface area contributed by atoms with Crippen LogP contribution in [0, 0.1) is 0 Å². The zero-order chi connectivity index (χ0) is 14.8. The second-order valence-electron chi connectivity index (χ2n) is 4.55. The molecule has 3 rings (SSSR count). The van der Waals surface area contributed by atoms with Crippen molar-refractivity contribution in [2.75, 3.05) is 5.73 Å². The summed E-state index contributed by atoms with van der Waals surface area (Å²) in [4.78, 5) is 4.35. The van der Waals surface area contributed by atoms with Crippen molar-refractivity contribution in [2.24, 2.45) is 0 Å². The third kappa shape index (κ3) is 3.17. The first-order chi connectivity index (χ1) is 10.1. The van der Waals surface area contributed by atoms with Gasteiger partial charge in [0.15, 0.2) is 0 Å². The molecule has 106 valence electrons. The van der Waals surface area contributed by atoms with Crippen molar-refractivity contribution < 1.29 is 4.52 Å². The number of nitrogens with zero attached hydrogens (tertiary/aromatic N) is 2. The van der Waals surface area contributed by atoms with Crippen molar-refractivity contribution in [3.05, 3.63) is 64.0 Å². The van der Waals surface area contributed by atoms with Gasteiger partial charge in [0.05, 0.1) is 6.42 Å². The van der Waals surface area contributed by atoms with E-state index in [1.807, 2.05) is 24.3 Å². The van der Waals surface area contributed by atoms with Gasteiger partial charge in [-0.25, -0.2) is 0 Å². The van der Waals surface area contributed by atoms with Gasteiger partial charge in [-0.3, -0.25) is 0 Å². The van der Waals surface area contributed by atoms with E-state index in [1.54, 1.807) is 18.2 Å². The summed E-state index contributed by atoms with van der Waals surface area (Å²) < 4.78 is 5.25. The Kier molecular flexibility index (Phi) is 3.82. The van der Waals surface area contributed by atoms with Crippen LogP contribution in [0.3, 0.4) is 0 Å². The average molecular weight is 320 g/mol. The predicted molar refractivity (Wildman–Crippen MR) is 83.4 cm³/mol. The first-order valence-corrected chi connectivity index (χ1v) is 7.00. The number of rotatable bonds is 3. The van der Waals surface area contributed by atoms with Crippen LogP contribution in [0.5, 0.6) is 0 Å². The van der Waals surface area contributed by atoms with Gasteiger partial charge in [-0.15, -0.1) is 0 Å². The van der Waals surface area contributed by atoms with Crippen molar-refractivity contribution in [1.29, 1.82) is 0 Å². The number of hydrogen-bond acceptors (Lipinski definition) is 4. The Bertz CT molecular complexity index is 766. The summed E-state index contributed by atoms with van der Waals surface area (Å²) in [6.07, 6.45) is 0.480. The molecule has 0 aliphatic carbocycles. The molecule has 2 N–H and O–H groups in total. The lowest BCUT2D eigenvalue weighted by Gasteiger charge is -2.00. The summed E-state index contributed by atoms with van der Waals surface area (Å²) in [5.41, 5.74) is 8.25. The highest BCUT2D eigenvalue weighted by molar-refractivity contribution is 6.35. The molecule has 0 aliphatic heterocycles. The fourth-order valence-electron chi connectivity index (χ4n) is 1.98. The Balaban J connectivity index is 1.88. The van der Waals surface area contributed by atoms with Crippen molar-refractivity contribution >= 4 is 28.9 Å². The van der Waals surface area contributed by atoms with E-state index in [4.69, 9.17) is 33.5 Å². The van der Waals surface area contributed by atoms with Crippen molar-refractivity contribution in [1.82, 2.24) is 10.1 Å². The van der Waals surface area contributed by atoms with Gasteiger partial charge in [0, 0.05) is 21.3 Å².